The zero-order valence-corrected chi connectivity index (χ0v) is 21.8. The van der Waals surface area contributed by atoms with Crippen molar-refractivity contribution in [2.45, 2.75) is 104 Å². The van der Waals surface area contributed by atoms with Gasteiger partial charge in [0.1, 0.15) is 0 Å². The van der Waals surface area contributed by atoms with Crippen molar-refractivity contribution in [3.63, 3.8) is 0 Å². The van der Waals surface area contributed by atoms with E-state index in [1.165, 1.54) is 12.8 Å². The van der Waals surface area contributed by atoms with Gasteiger partial charge in [-0.1, -0.05) is 214 Å². The smallest absolute Gasteiger partial charge is 0.0590 e. The van der Waals surface area contributed by atoms with E-state index in [0.717, 1.165) is 0 Å². The molecule has 0 heterocycles. The molecule has 0 bridgehead atoms. The normalized spacial score (nSPS) is 6.00. The maximum atomic E-state index is 2.12. The minimum absolute atomic E-state index is 0. The average Bonchev–Trinajstić information content (AvgIpc) is 2.88. The van der Waals surface area contributed by atoms with Gasteiger partial charge in [0.15, 0.2) is 0 Å². The van der Waals surface area contributed by atoms with E-state index in [1.54, 1.807) is 0 Å². The van der Waals surface area contributed by atoms with Crippen molar-refractivity contribution in [1.82, 2.24) is 0 Å². The van der Waals surface area contributed by atoms with Crippen LogP contribution in [0.25, 0.3) is 0 Å². The lowest BCUT2D eigenvalue weighted by Crippen LogP contribution is -1.47. The molecule has 0 heteroatoms. The molecule has 0 N–H and O–H groups in total. The summed E-state index contributed by atoms with van der Waals surface area (Å²) in [6, 6.07) is 36.0. The third-order valence-electron chi connectivity index (χ3n) is 2.00. The van der Waals surface area contributed by atoms with Gasteiger partial charge in [-0.15, -0.1) is 0 Å². The first-order valence-electron chi connectivity index (χ1n) is 11.8. The molecule has 0 aliphatic rings. The minimum Gasteiger partial charge on any atom is -0.0776 e. The Balaban J connectivity index is -0.0000000374. The Morgan fingerprint density at radius 2 is 0.273 bits per heavy atom. The van der Waals surface area contributed by atoms with Crippen LogP contribution in [0.5, 0.6) is 0 Å². The van der Waals surface area contributed by atoms with Crippen LogP contribution in [0.3, 0.4) is 0 Å². The molecular formula is C33H64. The second-order valence-electron chi connectivity index (χ2n) is 4.88. The van der Waals surface area contributed by atoms with Gasteiger partial charge in [0, 0.05) is 0 Å². The molecule has 0 fully saturated rings. The van der Waals surface area contributed by atoms with Gasteiger partial charge < -0.3 is 0 Å². The average molecular weight is 461 g/mol. The predicted molar refractivity (Wildman–Crippen MR) is 165 cm³/mol. The summed E-state index contributed by atoms with van der Waals surface area (Å²) in [6.45, 7) is 20.5. The Labute approximate surface area is 213 Å². The Morgan fingerprint density at radius 3 is 0.303 bits per heavy atom. The van der Waals surface area contributed by atoms with Gasteiger partial charge in [-0.25, -0.2) is 0 Å². The third kappa shape index (κ3) is 92.5. The standard InChI is InChI=1S/3C6H6.2C3H8.3C2H6.3CH4/c3*1-2-4-6-5-3-1;2*1-3-2;3*1-2;;;/h3*1-6H;2*3H2,1-2H3;3*1-2H3;3*1H4. The molecule has 0 atom stereocenters. The van der Waals surface area contributed by atoms with Crippen molar-refractivity contribution in [3.8, 4) is 0 Å². The largest absolute Gasteiger partial charge is 0.0776 e. The maximum absolute atomic E-state index is 2.12. The molecule has 0 saturated heterocycles. The SMILES string of the molecule is C.C.C.CC.CC.CC.CCC.CCC.c1ccccc1.c1ccccc1.c1ccccc1. The highest BCUT2D eigenvalue weighted by atomic mass is 13.7. The number of hydrogen-bond acceptors (Lipinski definition) is 0. The molecule has 33 heavy (non-hydrogen) atoms. The Kier molecular flexibility index (Phi) is 124. The summed E-state index contributed by atoms with van der Waals surface area (Å²) < 4.78 is 0. The van der Waals surface area contributed by atoms with Crippen LogP contribution in [-0.2, 0) is 0 Å². The number of rotatable bonds is 0. The predicted octanol–water partition coefficient (Wildman–Crippen LogP) is 12.9. The third-order valence-corrected chi connectivity index (χ3v) is 2.00. The maximum Gasteiger partial charge on any atom is -0.0590 e. The quantitative estimate of drug-likeness (QED) is 0.313. The fourth-order valence-electron chi connectivity index (χ4n) is 1.15. The van der Waals surface area contributed by atoms with Gasteiger partial charge in [-0.05, 0) is 0 Å². The zero-order valence-electron chi connectivity index (χ0n) is 21.8. The monoisotopic (exact) mass is 461 g/mol. The van der Waals surface area contributed by atoms with Crippen LogP contribution in [0.1, 0.15) is 104 Å². The van der Waals surface area contributed by atoms with Gasteiger partial charge in [-0.2, -0.15) is 0 Å². The summed E-state index contributed by atoms with van der Waals surface area (Å²) in [5.41, 5.74) is 0. The second kappa shape index (κ2) is 78.1. The summed E-state index contributed by atoms with van der Waals surface area (Å²) in [5, 5.41) is 0. The zero-order chi connectivity index (χ0) is 24.1. The fourth-order valence-corrected chi connectivity index (χ4v) is 1.15. The molecule has 0 aliphatic carbocycles. The summed E-state index contributed by atoms with van der Waals surface area (Å²) >= 11 is 0. The second-order valence-corrected chi connectivity index (χ2v) is 4.88. The van der Waals surface area contributed by atoms with Crippen molar-refractivity contribution in [2.24, 2.45) is 0 Å². The molecule has 0 amide bonds. The summed E-state index contributed by atoms with van der Waals surface area (Å²) in [4.78, 5) is 0. The molecule has 0 aliphatic heterocycles. The van der Waals surface area contributed by atoms with Crippen molar-refractivity contribution in [2.75, 3.05) is 0 Å². The van der Waals surface area contributed by atoms with E-state index >= 15 is 0 Å². The molecule has 0 unspecified atom stereocenters. The summed E-state index contributed by atoms with van der Waals surface area (Å²) in [5.74, 6) is 0. The van der Waals surface area contributed by atoms with E-state index in [9.17, 15) is 0 Å². The molecule has 196 valence electrons. The molecule has 0 aromatic heterocycles. The number of benzene rings is 3. The van der Waals surface area contributed by atoms with Gasteiger partial charge >= 0.3 is 0 Å². The minimum atomic E-state index is 0. The highest BCUT2D eigenvalue weighted by molar-refractivity contribution is 5.00. The van der Waals surface area contributed by atoms with E-state index in [2.05, 4.69) is 27.7 Å². The van der Waals surface area contributed by atoms with E-state index in [0.29, 0.717) is 0 Å². The first-order valence-corrected chi connectivity index (χ1v) is 11.8. The lowest BCUT2D eigenvalue weighted by atomic mass is 10.4. The lowest BCUT2D eigenvalue weighted by molar-refractivity contribution is 1.09. The van der Waals surface area contributed by atoms with Crippen molar-refractivity contribution < 1.29 is 0 Å². The first kappa shape index (κ1) is 52.5. The van der Waals surface area contributed by atoms with Gasteiger partial charge in [0.2, 0.25) is 0 Å². The van der Waals surface area contributed by atoms with E-state index in [-0.39, 0.29) is 22.3 Å². The van der Waals surface area contributed by atoms with E-state index in [4.69, 9.17) is 0 Å². The van der Waals surface area contributed by atoms with Crippen LogP contribution in [-0.4, -0.2) is 0 Å². The van der Waals surface area contributed by atoms with Crippen LogP contribution in [0.4, 0.5) is 0 Å². The van der Waals surface area contributed by atoms with Gasteiger partial charge in [0.05, 0.1) is 0 Å². The molecule has 0 spiro atoms. The van der Waals surface area contributed by atoms with Crippen molar-refractivity contribution in [1.29, 1.82) is 0 Å². The molecule has 3 aromatic rings. The van der Waals surface area contributed by atoms with E-state index < -0.39 is 0 Å². The summed E-state index contributed by atoms with van der Waals surface area (Å²) in [7, 11) is 0. The topological polar surface area (TPSA) is 0 Å². The molecule has 0 radical (unpaired) electrons. The highest BCUT2D eigenvalue weighted by Crippen LogP contribution is 1.81. The van der Waals surface area contributed by atoms with Crippen LogP contribution in [0, 0.1) is 0 Å². The van der Waals surface area contributed by atoms with Crippen LogP contribution in [0.2, 0.25) is 0 Å². The van der Waals surface area contributed by atoms with Crippen molar-refractivity contribution in [3.05, 3.63) is 109 Å². The van der Waals surface area contributed by atoms with E-state index in [1.807, 2.05) is 151 Å². The molecule has 0 nitrogen and oxygen atoms in total. The van der Waals surface area contributed by atoms with Gasteiger partial charge in [-0.3, -0.25) is 0 Å². The summed E-state index contributed by atoms with van der Waals surface area (Å²) in [6.07, 6.45) is 2.50. The highest BCUT2D eigenvalue weighted by Gasteiger charge is 1.59. The Bertz CT molecular complexity index is 317. The number of hydrogen-bond donors (Lipinski definition) is 0. The van der Waals surface area contributed by atoms with Crippen molar-refractivity contribution >= 4 is 0 Å². The lowest BCUT2D eigenvalue weighted by Gasteiger charge is -1.69. The Hall–Kier alpha value is -2.34. The molecule has 3 rings (SSSR count). The molecule has 3 aromatic carbocycles. The molecular weight excluding hydrogens is 396 g/mol. The first-order chi connectivity index (χ1) is 14.8. The fraction of sp³-hybridized carbons (Fsp3) is 0.455. The van der Waals surface area contributed by atoms with Crippen LogP contribution < -0.4 is 0 Å². The van der Waals surface area contributed by atoms with Crippen LogP contribution >= 0.6 is 0 Å². The molecule has 0 saturated carbocycles. The van der Waals surface area contributed by atoms with Gasteiger partial charge in [0.25, 0.3) is 0 Å². The Morgan fingerprint density at radius 1 is 0.242 bits per heavy atom. The van der Waals surface area contributed by atoms with Crippen LogP contribution in [0.15, 0.2) is 109 Å².